The zero-order valence-corrected chi connectivity index (χ0v) is 17.4. The molecular formula is C22H22N4O3S. The summed E-state index contributed by atoms with van der Waals surface area (Å²) in [5.41, 5.74) is 4.07. The number of sulfonamides is 1. The number of H-pyrrole nitrogens is 2. The summed E-state index contributed by atoms with van der Waals surface area (Å²) in [7, 11) is -3.14. The van der Waals surface area contributed by atoms with Crippen LogP contribution in [0.1, 0.15) is 0 Å². The van der Waals surface area contributed by atoms with Crippen LogP contribution < -0.4 is 10.5 Å². The normalized spacial score (nSPS) is 15.8. The highest BCUT2D eigenvalue weighted by molar-refractivity contribution is 7.88. The predicted molar refractivity (Wildman–Crippen MR) is 120 cm³/mol. The fraction of sp³-hybridized carbons (Fsp3) is 0.227. The van der Waals surface area contributed by atoms with Crippen molar-refractivity contribution >= 4 is 37.5 Å². The van der Waals surface area contributed by atoms with E-state index in [1.807, 2.05) is 48.5 Å². The minimum absolute atomic E-state index is 0.127. The Hall–Kier alpha value is -3.10. The monoisotopic (exact) mass is 422 g/mol. The summed E-state index contributed by atoms with van der Waals surface area (Å²) in [6, 6.07) is 17.7. The summed E-state index contributed by atoms with van der Waals surface area (Å²) < 4.78 is 25.0. The number of benzene rings is 2. The van der Waals surface area contributed by atoms with Gasteiger partial charge in [0.1, 0.15) is 0 Å². The quantitative estimate of drug-likeness (QED) is 0.531. The first kappa shape index (κ1) is 18.9. The van der Waals surface area contributed by atoms with Crippen molar-refractivity contribution in [3.8, 4) is 11.3 Å². The first-order chi connectivity index (χ1) is 14.4. The van der Waals surface area contributed by atoms with Crippen LogP contribution in [-0.2, 0) is 10.0 Å². The Balaban J connectivity index is 1.47. The molecular weight excluding hydrogens is 400 g/mol. The van der Waals surface area contributed by atoms with Crippen LogP contribution in [0.25, 0.3) is 33.1 Å². The molecule has 8 heteroatoms. The number of hydrogen-bond acceptors (Lipinski definition) is 4. The Morgan fingerprint density at radius 1 is 0.833 bits per heavy atom. The maximum absolute atomic E-state index is 12.6. The lowest BCUT2D eigenvalue weighted by atomic mass is 10.1. The van der Waals surface area contributed by atoms with Gasteiger partial charge in [-0.15, -0.1) is 0 Å². The number of fused-ring (bicyclic) bond motifs is 2. The third-order valence-corrected chi connectivity index (χ3v) is 7.02. The number of pyridine rings is 1. The second-order valence-electron chi connectivity index (χ2n) is 7.70. The zero-order chi connectivity index (χ0) is 20.9. The van der Waals surface area contributed by atoms with Crippen molar-refractivity contribution in [2.45, 2.75) is 0 Å². The molecule has 2 aromatic carbocycles. The van der Waals surface area contributed by atoms with Crippen LogP contribution in [0.2, 0.25) is 0 Å². The fourth-order valence-electron chi connectivity index (χ4n) is 4.09. The minimum atomic E-state index is -3.14. The number of hydrogen-bond donors (Lipinski definition) is 2. The second kappa shape index (κ2) is 7.00. The van der Waals surface area contributed by atoms with Crippen LogP contribution in [0, 0.1) is 0 Å². The number of nitrogens with zero attached hydrogens (tertiary/aromatic N) is 2. The van der Waals surface area contributed by atoms with Gasteiger partial charge in [-0.1, -0.05) is 18.2 Å². The molecule has 1 aliphatic rings. The lowest BCUT2D eigenvalue weighted by molar-refractivity contribution is 0.388. The molecule has 3 heterocycles. The van der Waals surface area contributed by atoms with Gasteiger partial charge in [0.2, 0.25) is 10.0 Å². The number of aromatic nitrogens is 2. The molecule has 30 heavy (non-hydrogen) atoms. The smallest absolute Gasteiger partial charge is 0.257 e. The van der Waals surface area contributed by atoms with Gasteiger partial charge >= 0.3 is 0 Å². The lowest BCUT2D eigenvalue weighted by Gasteiger charge is -2.34. The predicted octanol–water partition coefficient (Wildman–Crippen LogP) is 2.76. The van der Waals surface area contributed by atoms with Crippen molar-refractivity contribution < 1.29 is 8.42 Å². The Bertz CT molecular complexity index is 1410. The minimum Gasteiger partial charge on any atom is -0.369 e. The highest BCUT2D eigenvalue weighted by Crippen LogP contribution is 2.28. The zero-order valence-electron chi connectivity index (χ0n) is 16.6. The van der Waals surface area contributed by atoms with Crippen molar-refractivity contribution in [2.75, 3.05) is 37.3 Å². The molecule has 154 valence electrons. The average Bonchev–Trinajstić information content (AvgIpc) is 3.16. The van der Waals surface area contributed by atoms with E-state index in [-0.39, 0.29) is 5.56 Å². The van der Waals surface area contributed by atoms with Gasteiger partial charge < -0.3 is 14.9 Å². The maximum atomic E-state index is 12.6. The second-order valence-corrected chi connectivity index (χ2v) is 9.69. The SMILES string of the molecule is CS(=O)(=O)N1CCN(c2ccc3[nH]c(-c4cc5ccccc5[nH]c4=O)cc3c2)CC1. The third kappa shape index (κ3) is 3.38. The molecule has 0 amide bonds. The molecule has 0 aliphatic carbocycles. The summed E-state index contributed by atoms with van der Waals surface area (Å²) in [4.78, 5) is 21.1. The van der Waals surface area contributed by atoms with Crippen LogP contribution in [0.3, 0.4) is 0 Å². The molecule has 0 spiro atoms. The van der Waals surface area contributed by atoms with Crippen molar-refractivity contribution in [3.05, 3.63) is 65.0 Å². The number of piperazine rings is 1. The van der Waals surface area contributed by atoms with E-state index in [0.717, 1.165) is 33.2 Å². The van der Waals surface area contributed by atoms with Crippen LogP contribution in [0.4, 0.5) is 5.69 Å². The number of aromatic amines is 2. The molecule has 0 saturated carbocycles. The molecule has 0 atom stereocenters. The van der Waals surface area contributed by atoms with Crippen LogP contribution in [0.15, 0.2) is 59.4 Å². The third-order valence-electron chi connectivity index (χ3n) is 5.72. The van der Waals surface area contributed by atoms with Crippen molar-refractivity contribution in [3.63, 3.8) is 0 Å². The number of anilines is 1. The van der Waals surface area contributed by atoms with E-state index in [1.54, 1.807) is 0 Å². The molecule has 2 aromatic heterocycles. The summed E-state index contributed by atoms with van der Waals surface area (Å²) in [5.74, 6) is 0. The largest absolute Gasteiger partial charge is 0.369 e. The molecule has 7 nitrogen and oxygen atoms in total. The summed E-state index contributed by atoms with van der Waals surface area (Å²) in [5, 5.41) is 2.00. The van der Waals surface area contributed by atoms with E-state index >= 15 is 0 Å². The highest BCUT2D eigenvalue weighted by Gasteiger charge is 2.23. The lowest BCUT2D eigenvalue weighted by Crippen LogP contribution is -2.48. The van der Waals surface area contributed by atoms with E-state index in [2.05, 4.69) is 20.9 Å². The Morgan fingerprint density at radius 2 is 1.57 bits per heavy atom. The van der Waals surface area contributed by atoms with Gasteiger partial charge in [0.15, 0.2) is 0 Å². The molecule has 1 fully saturated rings. The summed E-state index contributed by atoms with van der Waals surface area (Å²) in [6.07, 6.45) is 1.25. The molecule has 0 unspecified atom stereocenters. The van der Waals surface area contributed by atoms with Crippen molar-refractivity contribution in [2.24, 2.45) is 0 Å². The standard InChI is InChI=1S/C22H22N4O3S/c1-30(28,29)26-10-8-25(9-11-26)17-6-7-20-16(12-17)14-21(23-20)18-13-15-4-2-3-5-19(15)24-22(18)27/h2-7,12-14,23H,8-11H2,1H3,(H,24,27). The summed E-state index contributed by atoms with van der Waals surface area (Å²) in [6.45, 7) is 2.28. The molecule has 0 bridgehead atoms. The van der Waals surface area contributed by atoms with Crippen LogP contribution >= 0.6 is 0 Å². The van der Waals surface area contributed by atoms with E-state index < -0.39 is 10.0 Å². The van der Waals surface area contributed by atoms with Crippen molar-refractivity contribution in [1.29, 1.82) is 0 Å². The van der Waals surface area contributed by atoms with Gasteiger partial charge in [-0.3, -0.25) is 4.79 Å². The average molecular weight is 423 g/mol. The Morgan fingerprint density at radius 3 is 2.33 bits per heavy atom. The van der Waals surface area contributed by atoms with Gasteiger partial charge in [0.25, 0.3) is 5.56 Å². The number of nitrogens with one attached hydrogen (secondary N) is 2. The molecule has 2 N–H and O–H groups in total. The van der Waals surface area contributed by atoms with Crippen molar-refractivity contribution in [1.82, 2.24) is 14.3 Å². The molecule has 1 saturated heterocycles. The van der Waals surface area contributed by atoms with E-state index in [4.69, 9.17) is 0 Å². The van der Waals surface area contributed by atoms with Gasteiger partial charge in [0.05, 0.1) is 17.5 Å². The first-order valence-corrected chi connectivity index (χ1v) is 11.7. The van der Waals surface area contributed by atoms with Gasteiger partial charge in [-0.25, -0.2) is 8.42 Å². The Kier molecular flexibility index (Phi) is 4.41. The number of rotatable bonds is 3. The van der Waals surface area contributed by atoms with E-state index in [0.29, 0.717) is 31.7 Å². The fourth-order valence-corrected chi connectivity index (χ4v) is 4.91. The number of para-hydroxylation sites is 1. The van der Waals surface area contributed by atoms with Crippen LogP contribution in [0.5, 0.6) is 0 Å². The Labute approximate surface area is 174 Å². The van der Waals surface area contributed by atoms with Crippen LogP contribution in [-0.4, -0.2) is 55.1 Å². The van der Waals surface area contributed by atoms with E-state index in [9.17, 15) is 13.2 Å². The topological polar surface area (TPSA) is 89.3 Å². The van der Waals surface area contributed by atoms with E-state index in [1.165, 1.54) is 10.6 Å². The first-order valence-electron chi connectivity index (χ1n) is 9.84. The highest BCUT2D eigenvalue weighted by atomic mass is 32.2. The summed E-state index contributed by atoms with van der Waals surface area (Å²) >= 11 is 0. The van der Waals surface area contributed by atoms with Gasteiger partial charge in [-0.2, -0.15) is 4.31 Å². The molecule has 0 radical (unpaired) electrons. The molecule has 4 aromatic rings. The molecule has 1 aliphatic heterocycles. The van der Waals surface area contributed by atoms with Gasteiger partial charge in [0, 0.05) is 48.3 Å². The maximum Gasteiger partial charge on any atom is 0.257 e. The van der Waals surface area contributed by atoms with Gasteiger partial charge in [-0.05, 0) is 41.8 Å². The molecule has 5 rings (SSSR count).